The second-order valence-electron chi connectivity index (χ2n) is 12.0. The maximum Gasteiger partial charge on any atom is 0.300 e. The van der Waals surface area contributed by atoms with Crippen LogP contribution in [0.15, 0.2) is 11.8 Å². The fraction of sp³-hybridized carbons (Fsp3) is 0.794. The van der Waals surface area contributed by atoms with E-state index in [0.717, 1.165) is 62.0 Å². The van der Waals surface area contributed by atoms with E-state index in [1.165, 1.54) is 24.0 Å². The Labute approximate surface area is 254 Å². The predicted octanol–water partition coefficient (Wildman–Crippen LogP) is 8.79. The van der Waals surface area contributed by atoms with Crippen molar-refractivity contribution in [2.45, 2.75) is 147 Å². The summed E-state index contributed by atoms with van der Waals surface area (Å²) in [5.41, 5.74) is 5.58. The van der Waals surface area contributed by atoms with Gasteiger partial charge in [0.1, 0.15) is 0 Å². The van der Waals surface area contributed by atoms with Gasteiger partial charge in [-0.1, -0.05) is 100 Å². The molecular weight excluding hydrogens is 514 g/mol. The Morgan fingerprint density at radius 2 is 1.59 bits per heavy atom. The Kier molecular flexibility index (Phi) is 27.5. The molecule has 1 saturated heterocycles. The highest BCUT2D eigenvalue weighted by Crippen LogP contribution is 2.34. The van der Waals surface area contributed by atoms with Gasteiger partial charge in [0.2, 0.25) is 0 Å². The molecule has 1 aromatic rings. The Morgan fingerprint density at radius 3 is 1.98 bits per heavy atom. The lowest BCUT2D eigenvalue weighted by Gasteiger charge is -2.25. The number of methoxy groups -OCH3 is 1. The normalized spacial score (nSPS) is 17.1. The van der Waals surface area contributed by atoms with Crippen molar-refractivity contribution in [1.29, 1.82) is 0 Å². The molecule has 2 rings (SSSR count). The standard InChI is InChI=1S/C22H37N3O2.2C4H10.C2H4O2.C2H6/c1-15(22(3,4)5)18(11-12-27-6)21-16(2)24-20(13-23-21)19-10-8-7-9-17(14-26)25-19;1-4(2)3;1-3-4-2;1-2(3)4;1-2/h13,17,19,25-26H,7-12,14H2,1-6H3;4H,1-3H3;3-4H2,1-2H3;1H3,(H,3,4);1-2H3/b18-15+;;;;. The Hall–Kier alpha value is -1.83. The van der Waals surface area contributed by atoms with Crippen molar-refractivity contribution in [3.8, 4) is 0 Å². The van der Waals surface area contributed by atoms with Gasteiger partial charge in [-0.05, 0) is 50.0 Å². The molecule has 0 spiro atoms. The number of nitrogens with one attached hydrogen (secondary N) is 1. The smallest absolute Gasteiger partial charge is 0.300 e. The maximum absolute atomic E-state index is 9.56. The fourth-order valence-electron chi connectivity index (χ4n) is 3.67. The van der Waals surface area contributed by atoms with Gasteiger partial charge in [-0.15, -0.1) is 0 Å². The number of carboxylic acid groups (broad SMARTS) is 1. The van der Waals surface area contributed by atoms with Gasteiger partial charge in [0.15, 0.2) is 0 Å². The largest absolute Gasteiger partial charge is 0.481 e. The number of nitrogens with zero attached hydrogens (tertiary/aromatic N) is 2. The quantitative estimate of drug-likeness (QED) is 0.295. The fourth-order valence-corrected chi connectivity index (χ4v) is 3.67. The van der Waals surface area contributed by atoms with Crippen LogP contribution in [0.5, 0.6) is 0 Å². The molecule has 1 aliphatic rings. The van der Waals surface area contributed by atoms with Crippen molar-refractivity contribution in [3.63, 3.8) is 0 Å². The van der Waals surface area contributed by atoms with Gasteiger partial charge >= 0.3 is 0 Å². The first-order chi connectivity index (χ1) is 19.2. The minimum Gasteiger partial charge on any atom is -0.481 e. The summed E-state index contributed by atoms with van der Waals surface area (Å²) in [5, 5.41) is 20.5. The van der Waals surface area contributed by atoms with Crippen LogP contribution >= 0.6 is 0 Å². The van der Waals surface area contributed by atoms with Crippen LogP contribution in [0.4, 0.5) is 0 Å². The van der Waals surface area contributed by atoms with Gasteiger partial charge in [-0.25, -0.2) is 0 Å². The molecule has 0 radical (unpaired) electrons. The van der Waals surface area contributed by atoms with Crippen molar-refractivity contribution in [2.75, 3.05) is 20.3 Å². The van der Waals surface area contributed by atoms with Crippen LogP contribution in [-0.2, 0) is 9.53 Å². The molecule has 0 amide bonds. The Balaban J connectivity index is -0.000000862. The Bertz CT molecular complexity index is 808. The lowest BCUT2D eigenvalue weighted by atomic mass is 9.82. The van der Waals surface area contributed by atoms with E-state index in [0.29, 0.717) is 6.61 Å². The van der Waals surface area contributed by atoms with E-state index in [1.807, 2.05) is 20.0 Å². The van der Waals surface area contributed by atoms with E-state index in [1.54, 1.807) is 7.11 Å². The summed E-state index contributed by atoms with van der Waals surface area (Å²) in [6.07, 6.45) is 9.75. The molecule has 2 unspecified atom stereocenters. The first-order valence-electron chi connectivity index (χ1n) is 15.7. The molecule has 2 heterocycles. The molecule has 0 saturated carbocycles. The first-order valence-corrected chi connectivity index (χ1v) is 15.7. The van der Waals surface area contributed by atoms with E-state index in [9.17, 15) is 5.11 Å². The van der Waals surface area contributed by atoms with Crippen molar-refractivity contribution in [2.24, 2.45) is 11.3 Å². The summed E-state index contributed by atoms with van der Waals surface area (Å²) >= 11 is 0. The second kappa shape index (κ2) is 25.8. The van der Waals surface area contributed by atoms with E-state index in [2.05, 4.69) is 74.6 Å². The zero-order valence-corrected chi connectivity index (χ0v) is 29.3. The van der Waals surface area contributed by atoms with E-state index >= 15 is 0 Å². The number of hydrogen-bond donors (Lipinski definition) is 3. The molecule has 41 heavy (non-hydrogen) atoms. The van der Waals surface area contributed by atoms with Gasteiger partial charge in [0.05, 0.1) is 42.5 Å². The Morgan fingerprint density at radius 1 is 1.10 bits per heavy atom. The summed E-state index contributed by atoms with van der Waals surface area (Å²) in [4.78, 5) is 18.8. The molecule has 1 fully saturated rings. The molecule has 0 aliphatic carbocycles. The highest BCUT2D eigenvalue weighted by molar-refractivity contribution is 5.68. The highest BCUT2D eigenvalue weighted by atomic mass is 16.5. The minimum absolute atomic E-state index is 0.0764. The number of ether oxygens (including phenoxy) is 1. The molecule has 0 bridgehead atoms. The van der Waals surface area contributed by atoms with Crippen LogP contribution in [0.3, 0.4) is 0 Å². The first kappa shape index (κ1) is 43.6. The molecule has 242 valence electrons. The van der Waals surface area contributed by atoms with Crippen molar-refractivity contribution < 1.29 is 19.7 Å². The topological polar surface area (TPSA) is 105 Å². The molecule has 0 aromatic carbocycles. The van der Waals surface area contributed by atoms with Crippen molar-refractivity contribution >= 4 is 11.5 Å². The average molecular weight is 582 g/mol. The monoisotopic (exact) mass is 582 g/mol. The van der Waals surface area contributed by atoms with Crippen molar-refractivity contribution in [1.82, 2.24) is 15.3 Å². The number of aliphatic hydroxyl groups excluding tert-OH is 1. The third-order valence-corrected chi connectivity index (χ3v) is 6.19. The number of allylic oxidation sites excluding steroid dienone is 1. The van der Waals surface area contributed by atoms with E-state index < -0.39 is 5.97 Å². The van der Waals surface area contributed by atoms with Crippen LogP contribution in [0.1, 0.15) is 151 Å². The van der Waals surface area contributed by atoms with Crippen molar-refractivity contribution in [3.05, 3.63) is 28.9 Å². The summed E-state index contributed by atoms with van der Waals surface area (Å²) in [5.74, 6) is 0. The molecule has 7 heteroatoms. The van der Waals surface area contributed by atoms with Gasteiger partial charge in [0.25, 0.3) is 5.97 Å². The number of aryl methyl sites for hydroxylation is 1. The van der Waals surface area contributed by atoms with E-state index in [-0.39, 0.29) is 24.1 Å². The van der Waals surface area contributed by atoms with Gasteiger partial charge in [0, 0.05) is 20.1 Å². The zero-order valence-electron chi connectivity index (χ0n) is 29.3. The maximum atomic E-state index is 9.56. The molecule has 2 atom stereocenters. The van der Waals surface area contributed by atoms with Gasteiger partial charge < -0.3 is 20.3 Å². The number of aliphatic hydroxyl groups is 1. The van der Waals surface area contributed by atoms with E-state index in [4.69, 9.17) is 24.6 Å². The van der Waals surface area contributed by atoms with Crippen LogP contribution < -0.4 is 5.32 Å². The summed E-state index contributed by atoms with van der Waals surface area (Å²) in [6.45, 7) is 27.7. The summed E-state index contributed by atoms with van der Waals surface area (Å²) in [7, 11) is 1.74. The van der Waals surface area contributed by atoms with Gasteiger partial charge in [-0.3, -0.25) is 14.8 Å². The van der Waals surface area contributed by atoms with Crippen LogP contribution in [-0.4, -0.2) is 52.5 Å². The average Bonchev–Trinajstić information content (AvgIpc) is 3.15. The van der Waals surface area contributed by atoms with Crippen LogP contribution in [0, 0.1) is 18.3 Å². The molecule has 3 N–H and O–H groups in total. The van der Waals surface area contributed by atoms with Gasteiger partial charge in [-0.2, -0.15) is 0 Å². The number of unbranched alkanes of at least 4 members (excludes halogenated alkanes) is 1. The molecule has 7 nitrogen and oxygen atoms in total. The third kappa shape index (κ3) is 22.4. The summed E-state index contributed by atoms with van der Waals surface area (Å²) < 4.78 is 5.34. The second-order valence-corrected chi connectivity index (χ2v) is 12.0. The highest BCUT2D eigenvalue weighted by Gasteiger charge is 2.24. The molecular formula is C34H67N3O4. The predicted molar refractivity (Wildman–Crippen MR) is 176 cm³/mol. The van der Waals surface area contributed by atoms with Crippen LogP contribution in [0.25, 0.3) is 5.57 Å². The lowest BCUT2D eigenvalue weighted by molar-refractivity contribution is -0.134. The van der Waals surface area contributed by atoms with Crippen LogP contribution in [0.2, 0.25) is 0 Å². The molecule has 1 aromatic heterocycles. The summed E-state index contributed by atoms with van der Waals surface area (Å²) in [6, 6.07) is 0.319. The lowest BCUT2D eigenvalue weighted by Crippen LogP contribution is -2.34. The number of hydrogen-bond acceptors (Lipinski definition) is 6. The number of rotatable bonds is 7. The number of carbonyl (C=O) groups is 1. The molecule has 1 aliphatic heterocycles. The minimum atomic E-state index is -0.833. The number of carboxylic acids is 1. The number of aliphatic carboxylic acids is 1. The zero-order chi connectivity index (χ0) is 32.6. The number of aromatic nitrogens is 2. The third-order valence-electron chi connectivity index (χ3n) is 6.19. The SMILES string of the molecule is CC.CC(=O)O.CC(C)C.CCCC.COCC/C(=C(/C)C(C)(C)C)c1ncc(C2CCCCC(CO)N2)nc1C.